The number of amides is 1. The first-order chi connectivity index (χ1) is 10.1. The molecule has 2 aromatic rings. The van der Waals surface area contributed by atoms with Crippen LogP contribution in [0.25, 0.3) is 0 Å². The van der Waals surface area contributed by atoms with Gasteiger partial charge in [0.25, 0.3) is 5.91 Å². The van der Waals surface area contributed by atoms with E-state index >= 15 is 0 Å². The van der Waals surface area contributed by atoms with Gasteiger partial charge in [-0.2, -0.15) is 0 Å². The maximum Gasteiger partial charge on any atom is 0.252 e. The van der Waals surface area contributed by atoms with Crippen molar-refractivity contribution in [1.82, 2.24) is 5.32 Å². The Morgan fingerprint density at radius 2 is 1.62 bits per heavy atom. The third kappa shape index (κ3) is 3.83. The molecule has 1 amide bonds. The van der Waals surface area contributed by atoms with Crippen LogP contribution in [-0.2, 0) is 0 Å². The summed E-state index contributed by atoms with van der Waals surface area (Å²) in [7, 11) is 1.54. The lowest BCUT2D eigenvalue weighted by Crippen LogP contribution is -2.36. The highest BCUT2D eigenvalue weighted by molar-refractivity contribution is 6.34. The van der Waals surface area contributed by atoms with Gasteiger partial charge >= 0.3 is 0 Å². The number of benzene rings is 2. The van der Waals surface area contributed by atoms with Crippen molar-refractivity contribution in [2.45, 2.75) is 5.50 Å². The van der Waals surface area contributed by atoms with Gasteiger partial charge in [0.15, 0.2) is 11.3 Å². The summed E-state index contributed by atoms with van der Waals surface area (Å²) >= 11 is 5.96. The largest absolute Gasteiger partial charge is 0.497 e. The number of carbonyl (C=O) groups excluding carboxylic acids is 2. The molecule has 0 radical (unpaired) electrons. The number of hydrogen-bond acceptors (Lipinski definition) is 3. The molecule has 2 rings (SSSR count). The Morgan fingerprint density at radius 3 is 2.19 bits per heavy atom. The summed E-state index contributed by atoms with van der Waals surface area (Å²) < 4.78 is 5.01. The van der Waals surface area contributed by atoms with Gasteiger partial charge in [0.05, 0.1) is 7.11 Å². The van der Waals surface area contributed by atoms with E-state index in [0.717, 1.165) is 0 Å². The van der Waals surface area contributed by atoms with Crippen molar-refractivity contribution >= 4 is 23.3 Å². The monoisotopic (exact) mass is 303 g/mol. The minimum absolute atomic E-state index is 0.348. The number of hydrogen-bond donors (Lipinski definition) is 1. The SMILES string of the molecule is COc1ccc(C(=O)NC(Cl)C(=O)c2ccccc2)cc1. The molecule has 1 N–H and O–H groups in total. The number of alkyl halides is 1. The Morgan fingerprint density at radius 1 is 1.00 bits per heavy atom. The molecule has 0 bridgehead atoms. The maximum atomic E-state index is 12.0. The average molecular weight is 304 g/mol. The molecule has 21 heavy (non-hydrogen) atoms. The second-order valence-electron chi connectivity index (χ2n) is 4.29. The van der Waals surface area contributed by atoms with E-state index in [4.69, 9.17) is 16.3 Å². The molecule has 2 aromatic carbocycles. The van der Waals surface area contributed by atoms with E-state index in [0.29, 0.717) is 16.9 Å². The number of halogens is 1. The molecule has 0 aromatic heterocycles. The van der Waals surface area contributed by atoms with Gasteiger partial charge in [-0.3, -0.25) is 9.59 Å². The van der Waals surface area contributed by atoms with E-state index in [1.54, 1.807) is 61.7 Å². The zero-order valence-electron chi connectivity index (χ0n) is 11.4. The highest BCUT2D eigenvalue weighted by Crippen LogP contribution is 2.12. The molecular formula is C16H14ClNO3. The fourth-order valence-electron chi connectivity index (χ4n) is 1.76. The summed E-state index contributed by atoms with van der Waals surface area (Å²) in [6.07, 6.45) is 0. The third-order valence-corrected chi connectivity index (χ3v) is 3.21. The molecule has 0 aliphatic carbocycles. The predicted molar refractivity (Wildman–Crippen MR) is 80.9 cm³/mol. The maximum absolute atomic E-state index is 12.0. The van der Waals surface area contributed by atoms with Crippen LogP contribution in [-0.4, -0.2) is 24.3 Å². The highest BCUT2D eigenvalue weighted by Gasteiger charge is 2.19. The molecule has 4 nitrogen and oxygen atoms in total. The molecular weight excluding hydrogens is 290 g/mol. The number of Topliss-reactive ketones (excluding diaryl/α,β-unsaturated/α-hetero) is 1. The van der Waals surface area contributed by atoms with Crippen molar-refractivity contribution in [3.8, 4) is 5.75 Å². The lowest BCUT2D eigenvalue weighted by molar-refractivity contribution is 0.0889. The Balaban J connectivity index is 2.03. The molecule has 0 fully saturated rings. The number of ketones is 1. The Labute approximate surface area is 127 Å². The van der Waals surface area contributed by atoms with Crippen LogP contribution in [0, 0.1) is 0 Å². The number of ether oxygens (including phenoxy) is 1. The summed E-state index contributed by atoms with van der Waals surface area (Å²) in [5.74, 6) is -0.115. The van der Waals surface area contributed by atoms with E-state index in [9.17, 15) is 9.59 Å². The van der Waals surface area contributed by atoms with E-state index in [1.165, 1.54) is 0 Å². The minimum atomic E-state index is -1.11. The molecule has 0 aliphatic rings. The van der Waals surface area contributed by atoms with Crippen molar-refractivity contribution in [3.05, 3.63) is 65.7 Å². The van der Waals surface area contributed by atoms with Crippen LogP contribution in [0.15, 0.2) is 54.6 Å². The van der Waals surface area contributed by atoms with E-state index < -0.39 is 11.4 Å². The molecule has 1 atom stereocenters. The zero-order valence-corrected chi connectivity index (χ0v) is 12.1. The first-order valence-corrected chi connectivity index (χ1v) is 6.73. The number of carbonyl (C=O) groups is 2. The van der Waals surface area contributed by atoms with E-state index in [2.05, 4.69) is 5.32 Å². The van der Waals surface area contributed by atoms with Crippen LogP contribution in [0.3, 0.4) is 0 Å². The summed E-state index contributed by atoms with van der Waals surface area (Å²) in [5.41, 5.74) is -0.253. The number of methoxy groups -OCH3 is 1. The quantitative estimate of drug-likeness (QED) is 0.525. The number of nitrogens with one attached hydrogen (secondary N) is 1. The first-order valence-electron chi connectivity index (χ1n) is 6.30. The third-order valence-electron chi connectivity index (χ3n) is 2.90. The van der Waals surface area contributed by atoms with Crippen molar-refractivity contribution < 1.29 is 14.3 Å². The number of rotatable bonds is 5. The molecule has 0 spiro atoms. The molecule has 0 saturated carbocycles. The molecule has 108 valence electrons. The van der Waals surface area contributed by atoms with Gasteiger partial charge in [0.2, 0.25) is 0 Å². The summed E-state index contributed by atoms with van der Waals surface area (Å²) in [6.45, 7) is 0. The van der Waals surface area contributed by atoms with Crippen LogP contribution in [0.1, 0.15) is 20.7 Å². The molecule has 1 unspecified atom stereocenters. The Kier molecular flexibility index (Phi) is 4.95. The van der Waals surface area contributed by atoms with E-state index in [1.807, 2.05) is 0 Å². The van der Waals surface area contributed by atoms with Crippen LogP contribution < -0.4 is 10.1 Å². The van der Waals surface area contributed by atoms with Gasteiger partial charge in [-0.15, -0.1) is 0 Å². The average Bonchev–Trinajstić information content (AvgIpc) is 2.55. The second-order valence-corrected chi connectivity index (χ2v) is 4.73. The molecule has 5 heteroatoms. The smallest absolute Gasteiger partial charge is 0.252 e. The first kappa shape index (κ1) is 15.1. The summed E-state index contributed by atoms with van der Waals surface area (Å²) in [5, 5.41) is 2.47. The van der Waals surface area contributed by atoms with Gasteiger partial charge in [0, 0.05) is 11.1 Å². The van der Waals surface area contributed by atoms with Crippen LogP contribution >= 0.6 is 11.6 Å². The van der Waals surface area contributed by atoms with Gasteiger partial charge in [0.1, 0.15) is 5.75 Å². The Hall–Kier alpha value is -2.33. The zero-order chi connectivity index (χ0) is 15.2. The molecule has 0 heterocycles. The standard InChI is InChI=1S/C16H14ClNO3/c1-21-13-9-7-12(8-10-13)16(20)18-15(17)14(19)11-5-3-2-4-6-11/h2-10,15H,1H3,(H,18,20). The normalized spacial score (nSPS) is 11.5. The van der Waals surface area contributed by atoms with Gasteiger partial charge in [-0.1, -0.05) is 41.9 Å². The predicted octanol–water partition coefficient (Wildman–Crippen LogP) is 2.87. The highest BCUT2D eigenvalue weighted by atomic mass is 35.5. The van der Waals surface area contributed by atoms with Crippen molar-refractivity contribution in [1.29, 1.82) is 0 Å². The van der Waals surface area contributed by atoms with Crippen molar-refractivity contribution in [3.63, 3.8) is 0 Å². The Bertz CT molecular complexity index is 626. The van der Waals surface area contributed by atoms with Crippen LogP contribution in [0.4, 0.5) is 0 Å². The second kappa shape index (κ2) is 6.90. The molecule has 0 aliphatic heterocycles. The lowest BCUT2D eigenvalue weighted by atomic mass is 10.1. The fourth-order valence-corrected chi connectivity index (χ4v) is 1.98. The van der Waals surface area contributed by atoms with Crippen LogP contribution in [0.2, 0.25) is 0 Å². The topological polar surface area (TPSA) is 55.4 Å². The van der Waals surface area contributed by atoms with Gasteiger partial charge in [-0.05, 0) is 24.3 Å². The van der Waals surface area contributed by atoms with Gasteiger partial charge < -0.3 is 10.1 Å². The fraction of sp³-hybridized carbons (Fsp3) is 0.125. The van der Waals surface area contributed by atoms with E-state index in [-0.39, 0.29) is 5.78 Å². The molecule has 0 saturated heterocycles. The minimum Gasteiger partial charge on any atom is -0.497 e. The van der Waals surface area contributed by atoms with Crippen molar-refractivity contribution in [2.24, 2.45) is 0 Å². The van der Waals surface area contributed by atoms with Gasteiger partial charge in [-0.25, -0.2) is 0 Å². The van der Waals surface area contributed by atoms with Crippen LogP contribution in [0.5, 0.6) is 5.75 Å². The summed E-state index contributed by atoms with van der Waals surface area (Å²) in [4.78, 5) is 24.0. The van der Waals surface area contributed by atoms with Crippen molar-refractivity contribution in [2.75, 3.05) is 7.11 Å². The lowest BCUT2D eigenvalue weighted by Gasteiger charge is -2.11. The summed E-state index contributed by atoms with van der Waals surface area (Å²) in [6, 6.07) is 15.1.